The van der Waals surface area contributed by atoms with Crippen molar-refractivity contribution in [1.82, 2.24) is 9.80 Å². The van der Waals surface area contributed by atoms with Gasteiger partial charge in [0, 0.05) is 58.0 Å². The number of hydrogen-bond donors (Lipinski definition) is 4. The Labute approximate surface area is 643 Å². The third-order valence-electron chi connectivity index (χ3n) is 36.9. The van der Waals surface area contributed by atoms with E-state index in [9.17, 15) is 44.4 Å². The van der Waals surface area contributed by atoms with Crippen molar-refractivity contribution >= 4 is 29.2 Å². The average molecular weight is 1460 g/mol. The van der Waals surface area contributed by atoms with Crippen molar-refractivity contribution in [2.24, 2.45) is 99.0 Å². The summed E-state index contributed by atoms with van der Waals surface area (Å²) in [5.74, 6) is 0.224. The van der Waals surface area contributed by atoms with Crippen LogP contribution in [-0.2, 0) is 24.0 Å². The Morgan fingerprint density at radius 3 is 1.06 bits per heavy atom. The van der Waals surface area contributed by atoms with Crippen LogP contribution in [0.1, 0.15) is 293 Å². The van der Waals surface area contributed by atoms with Gasteiger partial charge < -0.3 is 30.2 Å². The highest BCUT2D eigenvalue weighted by molar-refractivity contribution is 6.08. The number of carbonyl (C=O) groups is 5. The van der Waals surface area contributed by atoms with Crippen LogP contribution in [0, 0.1) is 99.0 Å². The predicted octanol–water partition coefficient (Wildman–Crippen LogP) is 22.3. The van der Waals surface area contributed by atoms with Crippen LogP contribution in [0.15, 0.2) is 139 Å². The van der Waals surface area contributed by atoms with Crippen molar-refractivity contribution in [2.75, 3.05) is 32.7 Å². The number of likely N-dealkylation sites (tertiary alicyclic amines) is 2. The number of hydrogen-bond acceptors (Lipinski definition) is 9. The number of rotatable bonds is 4. The van der Waals surface area contributed by atoms with Gasteiger partial charge in [-0.2, -0.15) is 0 Å². The van der Waals surface area contributed by atoms with E-state index in [1.54, 1.807) is 23.8 Å². The number of fused-ring (bicyclic) bond motifs is 21. The summed E-state index contributed by atoms with van der Waals surface area (Å²) >= 11 is 0. The Hall–Kier alpha value is -5.81. The first-order valence-electron chi connectivity index (χ1n) is 41.9. The standard InChI is InChI=1S/C33H45NO3.C33H47NO2.C29H38O4.CH4/c1-21-22-9-10-25-31(4,23(22)19-24(35)27(21)36)14-16-33(6)26-20-30(3,28(37)34-17-7-8-18-34)12-11-29(26,2)13-15-32(25,33)5;1-22-23-9-10-26-31(4,24(23)19-25(35)28(22)36)14-16-33(6)27-20-29(2,21-34-17-7-8-18-34)11-12-30(27,3)13-15-32(26,33)5;1-17-18-7-8-21-27(4,19(18)15-20(30)23(17)31)12-14-29(6)22-16-26(3,24(32)33)10-9-25(22,2)11-13-28(21,29)5;/h9-10,19,26,36H,7-8,11-18,20H2,1-6H3;9-10,19,27,36H,7-8,11-18,20-21H2,1-6H3;7-8,15,22,31H,9-14,16H2,1-6H3,(H,32,33);1H4/t26-,29-,30-,31+,32-,33+;27-,29-,30-,31+,32-,33+;22-,25-,26-,27+,28-,29+;/m111./s1. The van der Waals surface area contributed by atoms with Crippen LogP contribution in [0.5, 0.6) is 0 Å². The quantitative estimate of drug-likeness (QED) is 0.212. The molecule has 0 bridgehead atoms. The molecule has 0 unspecified atom stereocenters. The fourth-order valence-corrected chi connectivity index (χ4v) is 28.8. The lowest BCUT2D eigenvalue weighted by Gasteiger charge is -2.70. The molecule has 0 radical (unpaired) electrons. The zero-order valence-corrected chi connectivity index (χ0v) is 68.4. The molecule has 2 aliphatic heterocycles. The third kappa shape index (κ3) is 10.8. The highest BCUT2D eigenvalue weighted by Gasteiger charge is 2.71. The molecule has 2 saturated heterocycles. The summed E-state index contributed by atoms with van der Waals surface area (Å²) in [5, 5.41) is 41.1. The van der Waals surface area contributed by atoms with E-state index in [-0.39, 0.29) is 107 Å². The van der Waals surface area contributed by atoms with Crippen LogP contribution in [0.25, 0.3) is 0 Å². The fraction of sp³-hybridized carbons (Fsp3) is 0.698. The second kappa shape index (κ2) is 25.1. The number of carboxylic acids is 1. The second-order valence-corrected chi connectivity index (χ2v) is 42.4. The lowest BCUT2D eigenvalue weighted by molar-refractivity contribution is -0.178. The van der Waals surface area contributed by atoms with E-state index in [4.69, 9.17) is 0 Å². The normalized spacial score (nSPS) is 45.8. The SMILES string of the molecule is C.CC1=C(O)C(=O)C=C2C1=CC=C1[C@@]2(C)CC[C@@]2(C)[C@@H]3C[C@](C)(C(=O)N4CCCC4)CC[C@]3(C)CC[C@]12C.CC1=C(O)C(=O)C=C2C1=CC=C1[C@@]2(C)CC[C@@]2(C)[C@@H]3C[C@](C)(C(=O)O)CC[C@]3(C)CC[C@]12C.CC1=C(O)C(=O)C=C2C1=CC=C1[C@@]2(C)CC[C@@]2(C)[C@@H]3C[C@](C)(CN4CCCC4)CC[C@]3(C)CC[C@]12C. The molecule has 582 valence electrons. The summed E-state index contributed by atoms with van der Waals surface area (Å²) in [5.41, 5.74) is 13.2. The van der Waals surface area contributed by atoms with Crippen molar-refractivity contribution in [2.45, 2.75) is 293 Å². The first-order valence-corrected chi connectivity index (χ1v) is 41.9. The summed E-state index contributed by atoms with van der Waals surface area (Å²) in [6.45, 7) is 47.8. The first-order chi connectivity index (χ1) is 49.4. The van der Waals surface area contributed by atoms with Crippen molar-refractivity contribution in [1.29, 1.82) is 0 Å². The summed E-state index contributed by atoms with van der Waals surface area (Å²) < 4.78 is 0. The van der Waals surface area contributed by atoms with Gasteiger partial charge in [-0.25, -0.2) is 0 Å². The first kappa shape index (κ1) is 77.9. The number of carbonyl (C=O) groups excluding carboxylic acids is 4. The maximum atomic E-state index is 13.8. The Balaban J connectivity index is 0.000000134. The number of aliphatic hydroxyl groups is 3. The minimum atomic E-state index is -0.655. The molecule has 0 aromatic heterocycles. The van der Waals surface area contributed by atoms with E-state index < -0.39 is 11.4 Å². The van der Waals surface area contributed by atoms with Gasteiger partial charge in [-0.15, -0.1) is 0 Å². The summed E-state index contributed by atoms with van der Waals surface area (Å²) in [7, 11) is 0. The molecule has 2 heterocycles. The fourth-order valence-electron chi connectivity index (χ4n) is 28.8. The van der Waals surface area contributed by atoms with E-state index in [0.29, 0.717) is 39.7 Å². The van der Waals surface area contributed by atoms with E-state index in [0.717, 1.165) is 161 Å². The molecule has 11 heteroatoms. The number of amides is 1. The van der Waals surface area contributed by atoms with E-state index in [2.05, 4.69) is 143 Å². The lowest BCUT2D eigenvalue weighted by Crippen LogP contribution is -2.62. The molecular formula is C96H134N2O9. The zero-order chi connectivity index (χ0) is 76.5. The second-order valence-electron chi connectivity index (χ2n) is 42.4. The van der Waals surface area contributed by atoms with Gasteiger partial charge in [0.15, 0.2) is 17.3 Å². The van der Waals surface area contributed by atoms with Crippen molar-refractivity contribution in [3.8, 4) is 0 Å². The van der Waals surface area contributed by atoms with Crippen LogP contribution in [0.3, 0.4) is 0 Å². The molecule has 15 aliphatic carbocycles. The minimum absolute atomic E-state index is 0. The molecule has 11 fully saturated rings. The lowest BCUT2D eigenvalue weighted by atomic mass is 9.34. The predicted molar refractivity (Wildman–Crippen MR) is 429 cm³/mol. The van der Waals surface area contributed by atoms with Crippen LogP contribution < -0.4 is 0 Å². The number of aliphatic carboxylic acids is 1. The highest BCUT2D eigenvalue weighted by Crippen LogP contribution is 2.80. The number of aliphatic hydroxyl groups excluding tert-OH is 3. The topological polar surface area (TPSA) is 173 Å². The minimum Gasteiger partial charge on any atom is -0.504 e. The van der Waals surface area contributed by atoms with Crippen LogP contribution >= 0.6 is 0 Å². The molecule has 0 aromatic carbocycles. The Morgan fingerprint density at radius 1 is 0.393 bits per heavy atom. The molecule has 17 aliphatic rings. The summed E-state index contributed by atoms with van der Waals surface area (Å²) in [6.07, 6.45) is 46.9. The molecular weight excluding hydrogens is 1330 g/mol. The van der Waals surface area contributed by atoms with Crippen molar-refractivity contribution < 1.29 is 44.4 Å². The molecule has 107 heavy (non-hydrogen) atoms. The Bertz CT molecular complexity index is 4310. The molecule has 17 rings (SSSR count). The average Bonchev–Trinajstić information content (AvgIpc) is 0.740. The number of nitrogens with zero attached hydrogens (tertiary/aromatic N) is 2. The van der Waals surface area contributed by atoms with Gasteiger partial charge in [0.1, 0.15) is 0 Å². The number of carboxylic acid groups (broad SMARTS) is 1. The monoisotopic (exact) mass is 1460 g/mol. The van der Waals surface area contributed by atoms with E-state index in [1.807, 2.05) is 27.7 Å². The van der Waals surface area contributed by atoms with E-state index >= 15 is 0 Å². The van der Waals surface area contributed by atoms with Gasteiger partial charge in [-0.1, -0.05) is 158 Å². The van der Waals surface area contributed by atoms with E-state index in [1.165, 1.54) is 88.6 Å². The van der Waals surface area contributed by atoms with Gasteiger partial charge in [-0.05, 0) is 325 Å². The maximum absolute atomic E-state index is 13.8. The zero-order valence-electron chi connectivity index (χ0n) is 68.4. The van der Waals surface area contributed by atoms with Gasteiger partial charge in [0.25, 0.3) is 0 Å². The highest BCUT2D eigenvalue weighted by atomic mass is 16.4. The van der Waals surface area contributed by atoms with Crippen LogP contribution in [0.2, 0.25) is 0 Å². The summed E-state index contributed by atoms with van der Waals surface area (Å²) in [6, 6.07) is 0. The number of ketones is 3. The molecule has 18 atom stereocenters. The van der Waals surface area contributed by atoms with Gasteiger partial charge in [0.05, 0.1) is 5.41 Å². The summed E-state index contributed by atoms with van der Waals surface area (Å²) in [4.78, 5) is 69.0. The van der Waals surface area contributed by atoms with Crippen molar-refractivity contribution in [3.05, 3.63) is 139 Å². The van der Waals surface area contributed by atoms with Crippen molar-refractivity contribution in [3.63, 3.8) is 0 Å². The Kier molecular flexibility index (Phi) is 18.3. The number of allylic oxidation sites excluding steroid dienone is 21. The van der Waals surface area contributed by atoms with Gasteiger partial charge >= 0.3 is 5.97 Å². The molecule has 9 saturated carbocycles. The maximum Gasteiger partial charge on any atom is 0.309 e. The van der Waals surface area contributed by atoms with Crippen LogP contribution in [0.4, 0.5) is 0 Å². The third-order valence-corrected chi connectivity index (χ3v) is 36.9. The smallest absolute Gasteiger partial charge is 0.309 e. The Morgan fingerprint density at radius 2 is 0.701 bits per heavy atom. The largest absolute Gasteiger partial charge is 0.504 e. The van der Waals surface area contributed by atoms with Gasteiger partial charge in [0.2, 0.25) is 23.3 Å². The van der Waals surface area contributed by atoms with Gasteiger partial charge in [-0.3, -0.25) is 24.0 Å². The molecule has 11 nitrogen and oxygen atoms in total. The molecule has 0 aromatic rings. The molecule has 0 spiro atoms. The molecule has 4 N–H and O–H groups in total. The molecule has 1 amide bonds. The van der Waals surface area contributed by atoms with Crippen LogP contribution in [-0.4, -0.2) is 92.2 Å².